The van der Waals surface area contributed by atoms with Crippen LogP contribution in [0.3, 0.4) is 0 Å². The summed E-state index contributed by atoms with van der Waals surface area (Å²) in [6, 6.07) is 3.35. The van der Waals surface area contributed by atoms with Gasteiger partial charge >= 0.3 is 0 Å². The quantitative estimate of drug-likeness (QED) is 0.784. The largest absolute Gasteiger partial charge is 0.488 e. The lowest BCUT2D eigenvalue weighted by Gasteiger charge is -2.34. The normalized spacial score (nSPS) is 19.8. The summed E-state index contributed by atoms with van der Waals surface area (Å²) in [5.74, 6) is 0.647. The minimum atomic E-state index is 0.234. The van der Waals surface area contributed by atoms with Crippen LogP contribution in [-0.4, -0.2) is 6.10 Å². The third-order valence-corrected chi connectivity index (χ3v) is 4.35. The molecule has 0 amide bonds. The van der Waals surface area contributed by atoms with E-state index in [2.05, 4.69) is 13.8 Å². The summed E-state index contributed by atoms with van der Waals surface area (Å²) in [4.78, 5) is 0. The van der Waals surface area contributed by atoms with Gasteiger partial charge in [0.1, 0.15) is 5.75 Å². The van der Waals surface area contributed by atoms with Crippen molar-refractivity contribution < 1.29 is 4.74 Å². The summed E-state index contributed by atoms with van der Waals surface area (Å²) in [6.45, 7) is 4.60. The summed E-state index contributed by atoms with van der Waals surface area (Å²) in [5, 5.41) is 0.948. The van der Waals surface area contributed by atoms with Gasteiger partial charge in [-0.1, -0.05) is 37.0 Å². The average molecular weight is 288 g/mol. The molecule has 0 bridgehead atoms. The number of ether oxygens (including phenoxy) is 1. The van der Waals surface area contributed by atoms with Crippen molar-refractivity contribution in [1.29, 1.82) is 0 Å². The third-order valence-electron chi connectivity index (χ3n) is 3.63. The van der Waals surface area contributed by atoms with Crippen molar-refractivity contribution >= 4 is 28.9 Å². The molecular weight excluding hydrogens is 269 g/mol. The fourth-order valence-corrected chi connectivity index (χ4v) is 2.64. The fraction of sp³-hybridized carbons (Fsp3) is 0.571. The summed E-state index contributed by atoms with van der Waals surface area (Å²) in [6.07, 6.45) is 4.72. The van der Waals surface area contributed by atoms with Crippen LogP contribution in [0.4, 0.5) is 5.69 Å². The predicted molar refractivity (Wildman–Crippen MR) is 77.5 cm³/mol. The Morgan fingerprint density at radius 2 is 1.72 bits per heavy atom. The molecule has 2 N–H and O–H groups in total. The maximum absolute atomic E-state index is 5.98. The molecule has 2 nitrogen and oxygen atoms in total. The van der Waals surface area contributed by atoms with Crippen molar-refractivity contribution in [3.8, 4) is 5.75 Å². The van der Waals surface area contributed by atoms with E-state index in [1.807, 2.05) is 0 Å². The minimum Gasteiger partial charge on any atom is -0.488 e. The van der Waals surface area contributed by atoms with Gasteiger partial charge in [-0.3, -0.25) is 0 Å². The van der Waals surface area contributed by atoms with E-state index in [4.69, 9.17) is 33.7 Å². The molecule has 100 valence electrons. The van der Waals surface area contributed by atoms with Gasteiger partial charge < -0.3 is 10.5 Å². The second kappa shape index (κ2) is 5.18. The van der Waals surface area contributed by atoms with Crippen molar-refractivity contribution in [2.45, 2.75) is 45.6 Å². The van der Waals surface area contributed by atoms with E-state index in [1.165, 1.54) is 12.8 Å². The molecule has 0 spiro atoms. The van der Waals surface area contributed by atoms with Crippen LogP contribution >= 0.6 is 23.2 Å². The summed E-state index contributed by atoms with van der Waals surface area (Å²) < 4.78 is 5.95. The van der Waals surface area contributed by atoms with Crippen molar-refractivity contribution in [1.82, 2.24) is 0 Å². The lowest BCUT2D eigenvalue weighted by Crippen LogP contribution is -2.28. The zero-order valence-corrected chi connectivity index (χ0v) is 12.3. The Morgan fingerprint density at radius 1 is 1.17 bits per heavy atom. The van der Waals surface area contributed by atoms with Crippen molar-refractivity contribution in [3.05, 3.63) is 22.2 Å². The standard InChI is InChI=1S/C14H19Cl2NO/c1-14(2)5-3-9(4-6-14)18-13-8-11(16)10(15)7-12(13)17/h7-9H,3-6,17H2,1-2H3. The summed E-state index contributed by atoms with van der Waals surface area (Å²) in [5.41, 5.74) is 6.88. The number of nitrogen functional groups attached to an aromatic ring is 1. The molecule has 0 unspecified atom stereocenters. The predicted octanol–water partition coefficient (Wildman–Crippen LogP) is 4.92. The smallest absolute Gasteiger partial charge is 0.144 e. The molecule has 1 saturated carbocycles. The van der Waals surface area contributed by atoms with E-state index in [0.717, 1.165) is 12.8 Å². The molecule has 0 atom stereocenters. The van der Waals surface area contributed by atoms with E-state index in [0.29, 0.717) is 26.9 Å². The van der Waals surface area contributed by atoms with Gasteiger partial charge in [-0.15, -0.1) is 0 Å². The lowest BCUT2D eigenvalue weighted by molar-refractivity contribution is 0.0994. The Hall–Kier alpha value is -0.600. The molecule has 0 aliphatic heterocycles. The molecule has 4 heteroatoms. The highest BCUT2D eigenvalue weighted by atomic mass is 35.5. The Morgan fingerprint density at radius 3 is 2.33 bits per heavy atom. The first kappa shape index (κ1) is 13.8. The Kier molecular flexibility index (Phi) is 3.98. The van der Waals surface area contributed by atoms with Gasteiger partial charge in [-0.25, -0.2) is 0 Å². The van der Waals surface area contributed by atoms with Crippen LogP contribution in [0.5, 0.6) is 5.75 Å². The molecule has 0 saturated heterocycles. The van der Waals surface area contributed by atoms with E-state index in [9.17, 15) is 0 Å². The number of hydrogen-bond donors (Lipinski definition) is 1. The zero-order valence-electron chi connectivity index (χ0n) is 10.8. The van der Waals surface area contributed by atoms with Crippen molar-refractivity contribution in [2.24, 2.45) is 5.41 Å². The van der Waals surface area contributed by atoms with E-state index < -0.39 is 0 Å². The van der Waals surface area contributed by atoms with Crippen LogP contribution < -0.4 is 10.5 Å². The van der Waals surface area contributed by atoms with Gasteiger partial charge in [0.25, 0.3) is 0 Å². The Labute approximate surface area is 118 Å². The maximum atomic E-state index is 5.98. The number of anilines is 1. The summed E-state index contributed by atoms with van der Waals surface area (Å²) >= 11 is 11.9. The van der Waals surface area contributed by atoms with Crippen LogP contribution in [-0.2, 0) is 0 Å². The van der Waals surface area contributed by atoms with E-state index in [1.54, 1.807) is 12.1 Å². The molecule has 2 rings (SSSR count). The average Bonchev–Trinajstić information content (AvgIpc) is 2.28. The number of rotatable bonds is 2. The molecule has 0 aromatic heterocycles. The second-order valence-corrected chi connectivity index (χ2v) is 6.60. The SMILES string of the molecule is CC1(C)CCC(Oc2cc(Cl)c(Cl)cc2N)CC1. The first-order valence-corrected chi connectivity index (χ1v) is 7.04. The first-order valence-electron chi connectivity index (χ1n) is 6.28. The molecule has 1 fully saturated rings. The topological polar surface area (TPSA) is 35.2 Å². The Bertz CT molecular complexity index is 436. The molecule has 1 aliphatic rings. The molecule has 1 aromatic rings. The van der Waals surface area contributed by atoms with Gasteiger partial charge in [0.2, 0.25) is 0 Å². The van der Waals surface area contributed by atoms with Crippen LogP contribution in [0, 0.1) is 5.41 Å². The lowest BCUT2D eigenvalue weighted by atomic mass is 9.76. The van der Waals surface area contributed by atoms with Crippen molar-refractivity contribution in [3.63, 3.8) is 0 Å². The fourth-order valence-electron chi connectivity index (χ4n) is 2.32. The molecule has 1 aromatic carbocycles. The highest BCUT2D eigenvalue weighted by molar-refractivity contribution is 6.42. The van der Waals surface area contributed by atoms with E-state index >= 15 is 0 Å². The van der Waals surface area contributed by atoms with Gasteiger partial charge in [0, 0.05) is 6.07 Å². The van der Waals surface area contributed by atoms with Gasteiger partial charge in [0.15, 0.2) is 0 Å². The number of nitrogens with two attached hydrogens (primary N) is 1. The Balaban J connectivity index is 2.04. The number of halogens is 2. The number of hydrogen-bond acceptors (Lipinski definition) is 2. The molecule has 1 aliphatic carbocycles. The minimum absolute atomic E-state index is 0.234. The molecule has 18 heavy (non-hydrogen) atoms. The van der Waals surface area contributed by atoms with Gasteiger partial charge in [-0.2, -0.15) is 0 Å². The van der Waals surface area contributed by atoms with Gasteiger partial charge in [0.05, 0.1) is 21.8 Å². The zero-order chi connectivity index (χ0) is 13.3. The molecular formula is C14H19Cl2NO. The van der Waals surface area contributed by atoms with Gasteiger partial charge in [-0.05, 0) is 37.2 Å². The third kappa shape index (κ3) is 3.24. The van der Waals surface area contributed by atoms with Crippen molar-refractivity contribution in [2.75, 3.05) is 5.73 Å². The van der Waals surface area contributed by atoms with Crippen LogP contribution in [0.2, 0.25) is 10.0 Å². The maximum Gasteiger partial charge on any atom is 0.144 e. The molecule has 0 radical (unpaired) electrons. The van der Waals surface area contributed by atoms with Crippen LogP contribution in [0.1, 0.15) is 39.5 Å². The second-order valence-electron chi connectivity index (χ2n) is 5.79. The number of benzene rings is 1. The highest BCUT2D eigenvalue weighted by Crippen LogP contribution is 2.38. The summed E-state index contributed by atoms with van der Waals surface area (Å²) in [7, 11) is 0. The van der Waals surface area contributed by atoms with Crippen LogP contribution in [0.25, 0.3) is 0 Å². The highest BCUT2D eigenvalue weighted by Gasteiger charge is 2.28. The molecule has 0 heterocycles. The van der Waals surface area contributed by atoms with Crippen LogP contribution in [0.15, 0.2) is 12.1 Å². The first-order chi connectivity index (χ1) is 8.37. The van der Waals surface area contributed by atoms with E-state index in [-0.39, 0.29) is 6.10 Å². The monoisotopic (exact) mass is 287 g/mol.